The molecule has 142 valence electrons. The van der Waals surface area contributed by atoms with E-state index in [-0.39, 0.29) is 24.4 Å². The van der Waals surface area contributed by atoms with Gasteiger partial charge in [0.05, 0.1) is 33.0 Å². The molecule has 1 atom stereocenters. The summed E-state index contributed by atoms with van der Waals surface area (Å²) in [5, 5.41) is 3.33. The van der Waals surface area contributed by atoms with Crippen molar-refractivity contribution in [3.05, 3.63) is 35.9 Å². The fourth-order valence-electron chi connectivity index (χ4n) is 2.61. The molecule has 1 aromatic rings. The molecule has 1 aliphatic rings. The van der Waals surface area contributed by atoms with Crippen LogP contribution in [0.3, 0.4) is 0 Å². The highest BCUT2D eigenvalue weighted by Gasteiger charge is 2.21. The van der Waals surface area contributed by atoms with E-state index >= 15 is 0 Å². The SMILES string of the molecule is COCCOCCN(Cc1ccccc1)C(=O)CC1COCCN1.Cl. The maximum Gasteiger partial charge on any atom is 0.224 e. The van der Waals surface area contributed by atoms with Crippen LogP contribution in [0.5, 0.6) is 0 Å². The fraction of sp³-hybridized carbons (Fsp3) is 0.611. The van der Waals surface area contributed by atoms with Gasteiger partial charge in [-0.3, -0.25) is 4.79 Å². The first kappa shape index (κ1) is 21.9. The maximum atomic E-state index is 12.7. The van der Waals surface area contributed by atoms with Gasteiger partial charge in [0.25, 0.3) is 0 Å². The van der Waals surface area contributed by atoms with Crippen molar-refractivity contribution in [1.82, 2.24) is 10.2 Å². The average molecular weight is 373 g/mol. The highest BCUT2D eigenvalue weighted by Crippen LogP contribution is 2.09. The Morgan fingerprint density at radius 2 is 2.08 bits per heavy atom. The van der Waals surface area contributed by atoms with E-state index in [4.69, 9.17) is 14.2 Å². The number of amides is 1. The molecule has 6 nitrogen and oxygen atoms in total. The Hall–Kier alpha value is -1.18. The van der Waals surface area contributed by atoms with Gasteiger partial charge in [-0.25, -0.2) is 0 Å². The molecule has 0 bridgehead atoms. The molecule has 1 fully saturated rings. The maximum absolute atomic E-state index is 12.7. The minimum Gasteiger partial charge on any atom is -0.382 e. The predicted octanol–water partition coefficient (Wildman–Crippen LogP) is 1.48. The average Bonchev–Trinajstić information content (AvgIpc) is 2.62. The van der Waals surface area contributed by atoms with Crippen LogP contribution < -0.4 is 5.32 Å². The van der Waals surface area contributed by atoms with E-state index in [0.717, 1.165) is 12.1 Å². The highest BCUT2D eigenvalue weighted by molar-refractivity contribution is 5.85. The van der Waals surface area contributed by atoms with Gasteiger partial charge in [-0.2, -0.15) is 0 Å². The van der Waals surface area contributed by atoms with E-state index in [1.54, 1.807) is 7.11 Å². The van der Waals surface area contributed by atoms with E-state index in [0.29, 0.717) is 52.5 Å². The third-order valence-electron chi connectivity index (χ3n) is 3.93. The molecule has 1 unspecified atom stereocenters. The Bertz CT molecular complexity index is 469. The van der Waals surface area contributed by atoms with Gasteiger partial charge in [-0.15, -0.1) is 12.4 Å². The summed E-state index contributed by atoms with van der Waals surface area (Å²) in [6.07, 6.45) is 0.449. The van der Waals surface area contributed by atoms with Gasteiger partial charge >= 0.3 is 0 Å². The van der Waals surface area contributed by atoms with Crippen molar-refractivity contribution in [1.29, 1.82) is 0 Å². The standard InChI is InChI=1S/C18H28N2O4.ClH/c1-22-11-12-23-10-8-20(14-16-5-3-2-4-6-16)18(21)13-17-15-24-9-7-19-17;/h2-6,17,19H,7-15H2,1H3;1H. The minimum absolute atomic E-state index is 0. The van der Waals surface area contributed by atoms with Crippen LogP contribution in [0.15, 0.2) is 30.3 Å². The number of carbonyl (C=O) groups excluding carboxylic acids is 1. The topological polar surface area (TPSA) is 60.0 Å². The number of nitrogens with zero attached hydrogens (tertiary/aromatic N) is 1. The Morgan fingerprint density at radius 3 is 2.76 bits per heavy atom. The lowest BCUT2D eigenvalue weighted by atomic mass is 10.1. The van der Waals surface area contributed by atoms with E-state index in [1.165, 1.54) is 0 Å². The van der Waals surface area contributed by atoms with E-state index in [9.17, 15) is 4.79 Å². The Balaban J connectivity index is 0.00000312. The molecular weight excluding hydrogens is 344 g/mol. The van der Waals surface area contributed by atoms with Gasteiger partial charge in [-0.05, 0) is 5.56 Å². The molecule has 0 spiro atoms. The smallest absolute Gasteiger partial charge is 0.224 e. The summed E-state index contributed by atoms with van der Waals surface area (Å²) < 4.78 is 15.9. The molecule has 0 radical (unpaired) electrons. The summed E-state index contributed by atoms with van der Waals surface area (Å²) in [4.78, 5) is 14.5. The Kier molecular flexibility index (Phi) is 11.4. The van der Waals surface area contributed by atoms with Crippen LogP contribution in [0.25, 0.3) is 0 Å². The molecule has 25 heavy (non-hydrogen) atoms. The normalized spacial score (nSPS) is 16.9. The van der Waals surface area contributed by atoms with Gasteiger partial charge in [0.1, 0.15) is 0 Å². The number of methoxy groups -OCH3 is 1. The largest absolute Gasteiger partial charge is 0.382 e. The van der Waals surface area contributed by atoms with Crippen LogP contribution in [-0.2, 0) is 25.5 Å². The Morgan fingerprint density at radius 1 is 1.28 bits per heavy atom. The van der Waals surface area contributed by atoms with Crippen molar-refractivity contribution in [2.75, 3.05) is 53.2 Å². The van der Waals surface area contributed by atoms with Gasteiger partial charge in [-0.1, -0.05) is 30.3 Å². The van der Waals surface area contributed by atoms with Crippen LogP contribution in [0, 0.1) is 0 Å². The number of ether oxygens (including phenoxy) is 3. The second kappa shape index (κ2) is 13.1. The number of morpholine rings is 1. The molecular formula is C18H29ClN2O4. The van der Waals surface area contributed by atoms with Crippen molar-refractivity contribution in [3.63, 3.8) is 0 Å². The second-order valence-electron chi connectivity index (χ2n) is 5.84. The monoisotopic (exact) mass is 372 g/mol. The van der Waals surface area contributed by atoms with E-state index in [2.05, 4.69) is 5.32 Å². The molecule has 0 aliphatic carbocycles. The van der Waals surface area contributed by atoms with Crippen LogP contribution in [0.2, 0.25) is 0 Å². The summed E-state index contributed by atoms with van der Waals surface area (Å²) >= 11 is 0. The van der Waals surface area contributed by atoms with Crippen LogP contribution >= 0.6 is 12.4 Å². The van der Waals surface area contributed by atoms with E-state index < -0.39 is 0 Å². The molecule has 0 aromatic heterocycles. The van der Waals surface area contributed by atoms with Crippen molar-refractivity contribution >= 4 is 18.3 Å². The molecule has 7 heteroatoms. The van der Waals surface area contributed by atoms with Crippen molar-refractivity contribution in [3.8, 4) is 0 Å². The molecule has 1 aromatic carbocycles. The molecule has 1 saturated heterocycles. The molecule has 1 N–H and O–H groups in total. The highest BCUT2D eigenvalue weighted by atomic mass is 35.5. The van der Waals surface area contributed by atoms with Crippen molar-refractivity contribution in [2.45, 2.75) is 19.0 Å². The third kappa shape index (κ3) is 8.65. The fourth-order valence-corrected chi connectivity index (χ4v) is 2.61. The number of halogens is 1. The van der Waals surface area contributed by atoms with Crippen LogP contribution in [0.4, 0.5) is 0 Å². The quantitative estimate of drug-likeness (QED) is 0.630. The number of hydrogen-bond acceptors (Lipinski definition) is 5. The van der Waals surface area contributed by atoms with Crippen molar-refractivity contribution < 1.29 is 19.0 Å². The van der Waals surface area contributed by atoms with Crippen LogP contribution in [-0.4, -0.2) is 70.1 Å². The molecule has 2 rings (SSSR count). The second-order valence-corrected chi connectivity index (χ2v) is 5.84. The zero-order valence-corrected chi connectivity index (χ0v) is 15.6. The molecule has 1 amide bonds. The number of rotatable bonds is 10. The number of nitrogens with one attached hydrogen (secondary N) is 1. The lowest BCUT2D eigenvalue weighted by Gasteiger charge is -2.28. The first-order valence-electron chi connectivity index (χ1n) is 8.49. The Labute approximate surface area is 156 Å². The summed E-state index contributed by atoms with van der Waals surface area (Å²) in [7, 11) is 1.65. The lowest BCUT2D eigenvalue weighted by molar-refractivity contribution is -0.134. The van der Waals surface area contributed by atoms with Gasteiger partial charge < -0.3 is 24.4 Å². The number of hydrogen-bond donors (Lipinski definition) is 1. The number of carbonyl (C=O) groups is 1. The third-order valence-corrected chi connectivity index (χ3v) is 3.93. The number of benzene rings is 1. The summed E-state index contributed by atoms with van der Waals surface area (Å²) in [5.74, 6) is 0.122. The summed E-state index contributed by atoms with van der Waals surface area (Å²) in [6, 6.07) is 10.1. The van der Waals surface area contributed by atoms with Crippen molar-refractivity contribution in [2.24, 2.45) is 0 Å². The minimum atomic E-state index is 0. The van der Waals surface area contributed by atoms with Gasteiger partial charge in [0, 0.05) is 39.2 Å². The predicted molar refractivity (Wildman–Crippen MR) is 99.0 cm³/mol. The zero-order valence-electron chi connectivity index (χ0n) is 14.8. The van der Waals surface area contributed by atoms with Gasteiger partial charge in [0.2, 0.25) is 5.91 Å². The molecule has 1 heterocycles. The van der Waals surface area contributed by atoms with Gasteiger partial charge in [0.15, 0.2) is 0 Å². The van der Waals surface area contributed by atoms with Crippen LogP contribution in [0.1, 0.15) is 12.0 Å². The zero-order chi connectivity index (χ0) is 17.0. The summed E-state index contributed by atoms with van der Waals surface area (Å²) in [6.45, 7) is 4.90. The molecule has 0 saturated carbocycles. The molecule has 1 aliphatic heterocycles. The summed E-state index contributed by atoms with van der Waals surface area (Å²) in [5.41, 5.74) is 1.12. The first-order valence-corrected chi connectivity index (χ1v) is 8.49. The van der Waals surface area contributed by atoms with E-state index in [1.807, 2.05) is 35.2 Å². The lowest BCUT2D eigenvalue weighted by Crippen LogP contribution is -2.45. The first-order chi connectivity index (χ1) is 11.8.